The molecule has 0 bridgehead atoms. The molecule has 2 atom stereocenters. The molecule has 2 unspecified atom stereocenters. The van der Waals surface area contributed by atoms with E-state index in [4.69, 9.17) is 23.2 Å². The van der Waals surface area contributed by atoms with Gasteiger partial charge in [0.1, 0.15) is 0 Å². The molecule has 0 saturated heterocycles. The van der Waals surface area contributed by atoms with E-state index in [2.05, 4.69) is 10.6 Å². The number of nitrogens with one attached hydrogen (secondary N) is 2. The highest BCUT2D eigenvalue weighted by atomic mass is 35.5. The van der Waals surface area contributed by atoms with E-state index in [1.54, 1.807) is 18.2 Å². The summed E-state index contributed by atoms with van der Waals surface area (Å²) >= 11 is 12.0. The lowest BCUT2D eigenvalue weighted by atomic mass is 9.94. The average molecular weight is 405 g/mol. The SMILES string of the molecule is O=C(NCc1ccccc1)C1CCCC1C(=O)NCc1cc(Cl)cc(Cl)c1. The van der Waals surface area contributed by atoms with E-state index < -0.39 is 0 Å². The van der Waals surface area contributed by atoms with Crippen LogP contribution in [0, 0.1) is 11.8 Å². The zero-order valence-electron chi connectivity index (χ0n) is 14.9. The monoisotopic (exact) mass is 404 g/mol. The Morgan fingerprint density at radius 1 is 0.815 bits per heavy atom. The predicted molar refractivity (Wildman–Crippen MR) is 107 cm³/mol. The van der Waals surface area contributed by atoms with Crippen molar-refractivity contribution in [3.05, 3.63) is 69.7 Å². The van der Waals surface area contributed by atoms with Crippen LogP contribution in [-0.2, 0) is 22.7 Å². The number of halogens is 2. The first-order valence-electron chi connectivity index (χ1n) is 9.07. The molecule has 0 aliphatic heterocycles. The van der Waals surface area contributed by atoms with Crippen molar-refractivity contribution in [3.63, 3.8) is 0 Å². The first kappa shape index (κ1) is 19.7. The van der Waals surface area contributed by atoms with Crippen LogP contribution in [0.15, 0.2) is 48.5 Å². The Balaban J connectivity index is 1.54. The van der Waals surface area contributed by atoms with Gasteiger partial charge in [-0.05, 0) is 42.2 Å². The molecular formula is C21H22Cl2N2O2. The van der Waals surface area contributed by atoms with Crippen molar-refractivity contribution >= 4 is 35.0 Å². The van der Waals surface area contributed by atoms with Gasteiger partial charge in [-0.25, -0.2) is 0 Å². The van der Waals surface area contributed by atoms with Gasteiger partial charge < -0.3 is 10.6 Å². The molecule has 1 fully saturated rings. The Kier molecular flexibility index (Phi) is 6.75. The Bertz CT molecular complexity index is 791. The molecule has 4 nitrogen and oxygen atoms in total. The molecule has 0 aromatic heterocycles. The van der Waals surface area contributed by atoms with Gasteiger partial charge in [0, 0.05) is 35.0 Å². The summed E-state index contributed by atoms with van der Waals surface area (Å²) < 4.78 is 0. The van der Waals surface area contributed by atoms with Gasteiger partial charge >= 0.3 is 0 Å². The number of amides is 2. The van der Waals surface area contributed by atoms with Crippen molar-refractivity contribution in [1.29, 1.82) is 0 Å². The maximum absolute atomic E-state index is 12.6. The molecule has 1 aliphatic rings. The first-order valence-corrected chi connectivity index (χ1v) is 9.83. The third kappa shape index (κ3) is 5.47. The van der Waals surface area contributed by atoms with E-state index in [1.807, 2.05) is 30.3 Å². The van der Waals surface area contributed by atoms with Gasteiger partial charge in [0.15, 0.2) is 0 Å². The van der Waals surface area contributed by atoms with Crippen LogP contribution in [0.3, 0.4) is 0 Å². The third-order valence-electron chi connectivity index (χ3n) is 4.89. The lowest BCUT2D eigenvalue weighted by Crippen LogP contribution is -2.39. The third-order valence-corrected chi connectivity index (χ3v) is 5.32. The topological polar surface area (TPSA) is 58.2 Å². The van der Waals surface area contributed by atoms with Crippen LogP contribution in [0.25, 0.3) is 0 Å². The highest BCUT2D eigenvalue weighted by molar-refractivity contribution is 6.34. The van der Waals surface area contributed by atoms with Crippen LogP contribution in [-0.4, -0.2) is 11.8 Å². The lowest BCUT2D eigenvalue weighted by molar-refractivity contribution is -0.133. The number of rotatable bonds is 6. The van der Waals surface area contributed by atoms with E-state index in [9.17, 15) is 9.59 Å². The quantitative estimate of drug-likeness (QED) is 0.751. The van der Waals surface area contributed by atoms with Crippen molar-refractivity contribution in [2.24, 2.45) is 11.8 Å². The number of carbonyl (C=O) groups is 2. The second-order valence-corrected chi connectivity index (χ2v) is 7.72. The van der Waals surface area contributed by atoms with Crippen LogP contribution in [0.4, 0.5) is 0 Å². The van der Waals surface area contributed by atoms with Crippen LogP contribution >= 0.6 is 23.2 Å². The molecule has 6 heteroatoms. The molecule has 142 valence electrons. The Hall–Kier alpha value is -2.04. The summed E-state index contributed by atoms with van der Waals surface area (Å²) in [7, 11) is 0. The largest absolute Gasteiger partial charge is 0.352 e. The number of hydrogen-bond donors (Lipinski definition) is 2. The minimum atomic E-state index is -0.296. The van der Waals surface area contributed by atoms with Crippen LogP contribution in [0.5, 0.6) is 0 Å². The fraction of sp³-hybridized carbons (Fsp3) is 0.333. The van der Waals surface area contributed by atoms with Gasteiger partial charge in [-0.3, -0.25) is 9.59 Å². The summed E-state index contributed by atoms with van der Waals surface area (Å²) in [6, 6.07) is 14.9. The van der Waals surface area contributed by atoms with Crippen molar-refractivity contribution in [1.82, 2.24) is 10.6 Å². The molecule has 0 spiro atoms. The van der Waals surface area contributed by atoms with Crippen molar-refractivity contribution in [2.45, 2.75) is 32.4 Å². The molecule has 2 N–H and O–H groups in total. The van der Waals surface area contributed by atoms with Crippen molar-refractivity contribution in [3.8, 4) is 0 Å². The Morgan fingerprint density at radius 2 is 1.33 bits per heavy atom. The fourth-order valence-corrected chi connectivity index (χ4v) is 4.11. The summed E-state index contributed by atoms with van der Waals surface area (Å²) in [6.07, 6.45) is 2.35. The minimum Gasteiger partial charge on any atom is -0.352 e. The molecule has 1 saturated carbocycles. The first-order chi connectivity index (χ1) is 13.0. The highest BCUT2D eigenvalue weighted by Gasteiger charge is 2.37. The number of carbonyl (C=O) groups excluding carboxylic acids is 2. The minimum absolute atomic E-state index is 0.0534. The molecule has 2 aromatic carbocycles. The van der Waals surface area contributed by atoms with E-state index in [1.165, 1.54) is 0 Å². The molecular weight excluding hydrogens is 383 g/mol. The second-order valence-electron chi connectivity index (χ2n) is 6.84. The summed E-state index contributed by atoms with van der Waals surface area (Å²) in [5, 5.41) is 6.94. The van der Waals surface area contributed by atoms with E-state index in [0.717, 1.165) is 30.4 Å². The van der Waals surface area contributed by atoms with E-state index in [-0.39, 0.29) is 23.7 Å². The standard InChI is InChI=1S/C21H22Cl2N2O2/c22-16-9-15(10-17(23)11-16)13-25-21(27)19-8-4-7-18(19)20(26)24-12-14-5-2-1-3-6-14/h1-3,5-6,9-11,18-19H,4,7-8,12-13H2,(H,24,26)(H,25,27). The van der Waals surface area contributed by atoms with E-state index >= 15 is 0 Å². The predicted octanol–water partition coefficient (Wildman–Crippen LogP) is 4.34. The Labute approximate surface area is 169 Å². The smallest absolute Gasteiger partial charge is 0.224 e. The molecule has 2 amide bonds. The molecule has 1 aliphatic carbocycles. The second kappa shape index (κ2) is 9.25. The highest BCUT2D eigenvalue weighted by Crippen LogP contribution is 2.32. The summed E-state index contributed by atoms with van der Waals surface area (Å²) in [6.45, 7) is 0.819. The maximum atomic E-state index is 12.6. The van der Waals surface area contributed by atoms with E-state index in [0.29, 0.717) is 23.1 Å². The average Bonchev–Trinajstić information content (AvgIpc) is 3.14. The van der Waals surface area contributed by atoms with Crippen LogP contribution < -0.4 is 10.6 Å². The molecule has 2 aromatic rings. The summed E-state index contributed by atoms with van der Waals surface area (Å²) in [5.41, 5.74) is 1.88. The van der Waals surface area contributed by atoms with Gasteiger partial charge in [-0.2, -0.15) is 0 Å². The molecule has 27 heavy (non-hydrogen) atoms. The van der Waals surface area contributed by atoms with Gasteiger partial charge in [0.2, 0.25) is 11.8 Å². The normalized spacial score (nSPS) is 18.9. The van der Waals surface area contributed by atoms with Crippen LogP contribution in [0.1, 0.15) is 30.4 Å². The van der Waals surface area contributed by atoms with Gasteiger partial charge in [0.05, 0.1) is 0 Å². The Morgan fingerprint density at radius 3 is 1.89 bits per heavy atom. The van der Waals surface area contributed by atoms with Crippen molar-refractivity contribution in [2.75, 3.05) is 0 Å². The summed E-state index contributed by atoms with van der Waals surface area (Å²) in [5.74, 6) is -0.724. The van der Waals surface area contributed by atoms with Gasteiger partial charge in [-0.1, -0.05) is 60.0 Å². The zero-order valence-corrected chi connectivity index (χ0v) is 16.4. The number of hydrogen-bond acceptors (Lipinski definition) is 2. The molecule has 0 heterocycles. The lowest BCUT2D eigenvalue weighted by Gasteiger charge is -2.19. The van der Waals surface area contributed by atoms with Gasteiger partial charge in [0.25, 0.3) is 0 Å². The fourth-order valence-electron chi connectivity index (χ4n) is 3.54. The summed E-state index contributed by atoms with van der Waals surface area (Å²) in [4.78, 5) is 25.2. The van der Waals surface area contributed by atoms with Crippen LogP contribution in [0.2, 0.25) is 10.0 Å². The van der Waals surface area contributed by atoms with Gasteiger partial charge in [-0.15, -0.1) is 0 Å². The van der Waals surface area contributed by atoms with Crippen molar-refractivity contribution < 1.29 is 9.59 Å². The molecule has 3 rings (SSSR count). The molecule has 0 radical (unpaired) electrons. The number of benzene rings is 2. The zero-order chi connectivity index (χ0) is 19.2. The maximum Gasteiger partial charge on any atom is 0.224 e.